The second-order valence-electron chi connectivity index (χ2n) is 5.58. The number of nitrogens with one attached hydrogen (secondary N) is 2. The zero-order chi connectivity index (χ0) is 17.5. The number of ether oxygens (including phenoxy) is 2. The lowest BCUT2D eigenvalue weighted by Gasteiger charge is -2.20. The largest absolute Gasteiger partial charge is 0.493 e. The Morgan fingerprint density at radius 1 is 0.958 bits per heavy atom. The van der Waals surface area contributed by atoms with Crippen molar-refractivity contribution in [1.29, 1.82) is 0 Å². The van der Waals surface area contributed by atoms with Gasteiger partial charge in [-0.2, -0.15) is 0 Å². The summed E-state index contributed by atoms with van der Waals surface area (Å²) >= 11 is 0. The van der Waals surface area contributed by atoms with E-state index in [9.17, 15) is 4.79 Å². The van der Waals surface area contributed by atoms with Crippen LogP contribution in [0.15, 0.2) is 48.5 Å². The molecule has 5 nitrogen and oxygen atoms in total. The van der Waals surface area contributed by atoms with Gasteiger partial charge in [-0.3, -0.25) is 10.1 Å². The van der Waals surface area contributed by atoms with E-state index in [0.717, 1.165) is 5.56 Å². The first kappa shape index (κ1) is 17.8. The molecular formula is C19H24N2O3. The Balaban J connectivity index is 1.99. The average Bonchev–Trinajstić information content (AvgIpc) is 2.62. The first-order chi connectivity index (χ1) is 11.5. The van der Waals surface area contributed by atoms with Gasteiger partial charge in [0.05, 0.1) is 20.3 Å². The molecule has 0 aromatic heterocycles. The zero-order valence-corrected chi connectivity index (χ0v) is 14.5. The number of benzene rings is 2. The van der Waals surface area contributed by atoms with Crippen molar-refractivity contribution >= 4 is 11.6 Å². The Morgan fingerprint density at radius 2 is 1.62 bits per heavy atom. The van der Waals surface area contributed by atoms with Crippen molar-refractivity contribution in [1.82, 2.24) is 5.32 Å². The summed E-state index contributed by atoms with van der Waals surface area (Å²) in [7, 11) is 3.14. The molecule has 2 aromatic carbocycles. The maximum Gasteiger partial charge on any atom is 0.241 e. The summed E-state index contributed by atoms with van der Waals surface area (Å²) in [5, 5.41) is 6.19. The maximum absolute atomic E-state index is 12.4. The normalized spacial score (nSPS) is 13.0. The SMILES string of the molecule is COc1ccc(NC(=O)[C@@H](C)N[C@@H](C)c2ccccc2)cc1OC. The second-order valence-corrected chi connectivity index (χ2v) is 5.58. The van der Waals surface area contributed by atoms with Gasteiger partial charge in [-0.05, 0) is 31.5 Å². The van der Waals surface area contributed by atoms with Gasteiger partial charge >= 0.3 is 0 Å². The van der Waals surface area contributed by atoms with Crippen molar-refractivity contribution in [3.8, 4) is 11.5 Å². The smallest absolute Gasteiger partial charge is 0.241 e. The van der Waals surface area contributed by atoms with Crippen LogP contribution >= 0.6 is 0 Å². The molecule has 0 radical (unpaired) electrons. The molecule has 24 heavy (non-hydrogen) atoms. The lowest BCUT2D eigenvalue weighted by Crippen LogP contribution is -2.39. The molecule has 2 aromatic rings. The molecule has 0 unspecified atom stereocenters. The minimum absolute atomic E-state index is 0.0809. The summed E-state index contributed by atoms with van der Waals surface area (Å²) in [4.78, 5) is 12.4. The lowest BCUT2D eigenvalue weighted by atomic mass is 10.1. The van der Waals surface area contributed by atoms with Crippen LogP contribution in [0.25, 0.3) is 0 Å². The molecule has 5 heteroatoms. The van der Waals surface area contributed by atoms with Crippen LogP contribution in [0.5, 0.6) is 11.5 Å². The summed E-state index contributed by atoms with van der Waals surface area (Å²) in [6.07, 6.45) is 0. The van der Waals surface area contributed by atoms with E-state index < -0.39 is 0 Å². The van der Waals surface area contributed by atoms with Crippen LogP contribution < -0.4 is 20.1 Å². The monoisotopic (exact) mass is 328 g/mol. The fourth-order valence-corrected chi connectivity index (χ4v) is 2.45. The first-order valence-corrected chi connectivity index (χ1v) is 7.89. The fourth-order valence-electron chi connectivity index (χ4n) is 2.45. The highest BCUT2D eigenvalue weighted by molar-refractivity contribution is 5.94. The van der Waals surface area contributed by atoms with Crippen molar-refractivity contribution in [3.05, 3.63) is 54.1 Å². The van der Waals surface area contributed by atoms with E-state index in [4.69, 9.17) is 9.47 Å². The molecule has 0 saturated heterocycles. The van der Waals surface area contributed by atoms with Crippen molar-refractivity contribution in [3.63, 3.8) is 0 Å². The number of rotatable bonds is 7. The minimum Gasteiger partial charge on any atom is -0.493 e. The van der Waals surface area contributed by atoms with E-state index in [1.165, 1.54) is 0 Å². The van der Waals surface area contributed by atoms with E-state index >= 15 is 0 Å². The average molecular weight is 328 g/mol. The van der Waals surface area contributed by atoms with Gasteiger partial charge in [0.1, 0.15) is 0 Å². The third kappa shape index (κ3) is 4.49. The Kier molecular flexibility index (Phi) is 6.21. The van der Waals surface area contributed by atoms with Crippen molar-refractivity contribution < 1.29 is 14.3 Å². The lowest BCUT2D eigenvalue weighted by molar-refractivity contribution is -0.117. The molecule has 0 aliphatic rings. The number of methoxy groups -OCH3 is 2. The van der Waals surface area contributed by atoms with E-state index in [1.54, 1.807) is 32.4 Å². The molecule has 128 valence electrons. The fraction of sp³-hybridized carbons (Fsp3) is 0.316. The summed E-state index contributed by atoms with van der Waals surface area (Å²) in [5.41, 5.74) is 1.81. The van der Waals surface area contributed by atoms with Crippen molar-refractivity contribution in [2.45, 2.75) is 25.9 Å². The topological polar surface area (TPSA) is 59.6 Å². The highest BCUT2D eigenvalue weighted by Crippen LogP contribution is 2.29. The molecule has 0 spiro atoms. The van der Waals surface area contributed by atoms with Crippen LogP contribution in [0, 0.1) is 0 Å². The second kappa shape index (κ2) is 8.36. The highest BCUT2D eigenvalue weighted by atomic mass is 16.5. The first-order valence-electron chi connectivity index (χ1n) is 7.89. The predicted octanol–water partition coefficient (Wildman–Crippen LogP) is 3.38. The van der Waals surface area contributed by atoms with Crippen LogP contribution in [-0.4, -0.2) is 26.2 Å². The Morgan fingerprint density at radius 3 is 2.25 bits per heavy atom. The van der Waals surface area contributed by atoms with Gasteiger partial charge in [0.15, 0.2) is 11.5 Å². The predicted molar refractivity (Wildman–Crippen MR) is 95.6 cm³/mol. The van der Waals surface area contributed by atoms with Crippen LogP contribution in [-0.2, 0) is 4.79 Å². The number of carbonyl (C=O) groups is 1. The molecular weight excluding hydrogens is 304 g/mol. The molecule has 0 fully saturated rings. The Bertz CT molecular complexity index is 674. The summed E-state index contributed by atoms with van der Waals surface area (Å²) in [6.45, 7) is 3.88. The van der Waals surface area contributed by atoms with Gasteiger partial charge in [-0.15, -0.1) is 0 Å². The van der Waals surface area contributed by atoms with E-state index in [-0.39, 0.29) is 18.0 Å². The van der Waals surface area contributed by atoms with Gasteiger partial charge < -0.3 is 14.8 Å². The van der Waals surface area contributed by atoms with E-state index in [1.807, 2.05) is 44.2 Å². The minimum atomic E-state index is -0.340. The van der Waals surface area contributed by atoms with Gasteiger partial charge in [0, 0.05) is 17.8 Å². The standard InChI is InChI=1S/C19H24N2O3/c1-13(15-8-6-5-7-9-15)20-14(2)19(22)21-16-10-11-17(23-3)18(12-16)24-4/h5-14,20H,1-4H3,(H,21,22)/t13-,14+/m0/s1. The number of hydrogen-bond donors (Lipinski definition) is 2. The van der Waals surface area contributed by atoms with E-state index in [0.29, 0.717) is 17.2 Å². The quantitative estimate of drug-likeness (QED) is 0.818. The maximum atomic E-state index is 12.4. The number of hydrogen-bond acceptors (Lipinski definition) is 4. The molecule has 1 amide bonds. The van der Waals surface area contributed by atoms with Crippen LogP contribution in [0.2, 0.25) is 0 Å². The highest BCUT2D eigenvalue weighted by Gasteiger charge is 2.17. The molecule has 0 heterocycles. The summed E-state index contributed by atoms with van der Waals surface area (Å²) in [6, 6.07) is 15.1. The molecule has 0 aliphatic heterocycles. The number of anilines is 1. The molecule has 0 saturated carbocycles. The Labute approximate surface area is 143 Å². The van der Waals surface area contributed by atoms with Crippen molar-refractivity contribution in [2.24, 2.45) is 0 Å². The van der Waals surface area contributed by atoms with Gasteiger partial charge in [0.2, 0.25) is 5.91 Å². The van der Waals surface area contributed by atoms with Crippen LogP contribution in [0.4, 0.5) is 5.69 Å². The third-order valence-corrected chi connectivity index (χ3v) is 3.84. The number of carbonyl (C=O) groups excluding carboxylic acids is 1. The Hall–Kier alpha value is -2.53. The molecule has 2 atom stereocenters. The van der Waals surface area contributed by atoms with Crippen LogP contribution in [0.1, 0.15) is 25.5 Å². The molecule has 2 rings (SSSR count). The van der Waals surface area contributed by atoms with Gasteiger partial charge in [-0.1, -0.05) is 30.3 Å². The number of amides is 1. The van der Waals surface area contributed by atoms with Crippen molar-refractivity contribution in [2.75, 3.05) is 19.5 Å². The van der Waals surface area contributed by atoms with Gasteiger partial charge in [0.25, 0.3) is 0 Å². The van der Waals surface area contributed by atoms with Crippen LogP contribution in [0.3, 0.4) is 0 Å². The van der Waals surface area contributed by atoms with Gasteiger partial charge in [-0.25, -0.2) is 0 Å². The summed E-state index contributed by atoms with van der Waals surface area (Å²) in [5.74, 6) is 1.10. The molecule has 0 bridgehead atoms. The van der Waals surface area contributed by atoms with E-state index in [2.05, 4.69) is 10.6 Å². The third-order valence-electron chi connectivity index (χ3n) is 3.84. The molecule has 0 aliphatic carbocycles. The summed E-state index contributed by atoms with van der Waals surface area (Å²) < 4.78 is 10.4. The zero-order valence-electron chi connectivity index (χ0n) is 14.5. The molecule has 2 N–H and O–H groups in total.